The van der Waals surface area contributed by atoms with Gasteiger partial charge in [-0.3, -0.25) is 4.98 Å². The fraction of sp³-hybridized carbons (Fsp3) is 0.150. The van der Waals surface area contributed by atoms with E-state index < -0.39 is 11.7 Å². The Morgan fingerprint density at radius 2 is 1.85 bits per heavy atom. The van der Waals surface area contributed by atoms with Crippen molar-refractivity contribution in [1.82, 2.24) is 19.7 Å². The van der Waals surface area contributed by atoms with Crippen LogP contribution in [-0.4, -0.2) is 19.7 Å². The third-order valence-electron chi connectivity index (χ3n) is 4.40. The van der Waals surface area contributed by atoms with Crippen LogP contribution in [0.25, 0.3) is 27.7 Å². The Kier molecular flexibility index (Phi) is 4.14. The lowest BCUT2D eigenvalue weighted by Crippen LogP contribution is -2.07. The van der Waals surface area contributed by atoms with Gasteiger partial charge in [-0.1, -0.05) is 37.3 Å². The molecule has 4 nitrogen and oxygen atoms in total. The van der Waals surface area contributed by atoms with E-state index in [1.807, 2.05) is 31.2 Å². The van der Waals surface area contributed by atoms with Gasteiger partial charge in [0.2, 0.25) is 0 Å². The lowest BCUT2D eigenvalue weighted by atomic mass is 9.96. The summed E-state index contributed by atoms with van der Waals surface area (Å²) in [6, 6.07) is 12.8. The highest BCUT2D eigenvalue weighted by atomic mass is 19.4. The largest absolute Gasteiger partial charge is 0.416 e. The molecule has 0 bridgehead atoms. The zero-order valence-electron chi connectivity index (χ0n) is 14.4. The minimum Gasteiger partial charge on any atom is -0.252 e. The number of aromatic nitrogens is 4. The molecule has 0 aliphatic carbocycles. The quantitative estimate of drug-likeness (QED) is 0.507. The third kappa shape index (κ3) is 3.05. The number of halogens is 3. The van der Waals surface area contributed by atoms with Gasteiger partial charge in [0, 0.05) is 10.9 Å². The van der Waals surface area contributed by atoms with Crippen LogP contribution in [0.4, 0.5) is 13.2 Å². The van der Waals surface area contributed by atoms with E-state index in [9.17, 15) is 13.2 Å². The Morgan fingerprint density at radius 3 is 2.56 bits per heavy atom. The third-order valence-corrected chi connectivity index (χ3v) is 4.40. The highest BCUT2D eigenvalue weighted by Crippen LogP contribution is 2.38. The molecule has 0 saturated heterocycles. The SMILES string of the molecule is CCc1nc2ccccc2c(-n2cncn2)c1-c1cccc(C(F)(F)F)c1. The van der Waals surface area contributed by atoms with Crippen molar-refractivity contribution >= 4 is 10.9 Å². The first-order chi connectivity index (χ1) is 13.0. The van der Waals surface area contributed by atoms with E-state index >= 15 is 0 Å². The molecule has 0 radical (unpaired) electrons. The molecule has 0 fully saturated rings. The molecular weight excluding hydrogens is 353 g/mol. The van der Waals surface area contributed by atoms with Gasteiger partial charge in [0.15, 0.2) is 0 Å². The minimum absolute atomic E-state index is 0.449. The molecule has 0 amide bonds. The van der Waals surface area contributed by atoms with E-state index in [1.54, 1.807) is 17.1 Å². The Labute approximate surface area is 153 Å². The predicted octanol–water partition coefficient (Wildman–Crippen LogP) is 5.06. The van der Waals surface area contributed by atoms with Crippen molar-refractivity contribution in [2.75, 3.05) is 0 Å². The van der Waals surface area contributed by atoms with Crippen LogP contribution in [0.1, 0.15) is 18.2 Å². The standard InChI is InChI=1S/C20H15F3N4/c1-2-16-18(13-6-5-7-14(10-13)20(21,22)23)19(27-12-24-11-25-27)15-8-3-4-9-17(15)26-16/h3-12H,2H2,1H3. The van der Waals surface area contributed by atoms with Crippen LogP contribution in [0, 0.1) is 0 Å². The summed E-state index contributed by atoms with van der Waals surface area (Å²) in [5.41, 5.74) is 2.53. The van der Waals surface area contributed by atoms with Gasteiger partial charge < -0.3 is 0 Å². The molecule has 2 aromatic carbocycles. The Morgan fingerprint density at radius 1 is 1.04 bits per heavy atom. The van der Waals surface area contributed by atoms with E-state index in [1.165, 1.54) is 12.4 Å². The molecule has 0 atom stereocenters. The van der Waals surface area contributed by atoms with E-state index in [4.69, 9.17) is 0 Å². The molecule has 0 saturated carbocycles. The monoisotopic (exact) mass is 368 g/mol. The van der Waals surface area contributed by atoms with Crippen molar-refractivity contribution in [3.05, 3.63) is 72.4 Å². The van der Waals surface area contributed by atoms with Crippen molar-refractivity contribution < 1.29 is 13.2 Å². The number of hydrogen-bond acceptors (Lipinski definition) is 3. The Hall–Kier alpha value is -3.22. The maximum Gasteiger partial charge on any atom is 0.416 e. The molecular formula is C20H15F3N4. The molecule has 4 rings (SSSR count). The average molecular weight is 368 g/mol. The van der Waals surface area contributed by atoms with Crippen molar-refractivity contribution in [2.24, 2.45) is 0 Å². The second-order valence-corrected chi connectivity index (χ2v) is 6.07. The van der Waals surface area contributed by atoms with Crippen LogP contribution in [0.5, 0.6) is 0 Å². The molecule has 0 unspecified atom stereocenters. The molecule has 27 heavy (non-hydrogen) atoms. The van der Waals surface area contributed by atoms with Crippen LogP contribution in [0.3, 0.4) is 0 Å². The van der Waals surface area contributed by atoms with Crippen LogP contribution in [-0.2, 0) is 12.6 Å². The van der Waals surface area contributed by atoms with Gasteiger partial charge in [0.1, 0.15) is 12.7 Å². The summed E-state index contributed by atoms with van der Waals surface area (Å²) < 4.78 is 41.3. The lowest BCUT2D eigenvalue weighted by molar-refractivity contribution is -0.137. The van der Waals surface area contributed by atoms with Crippen LogP contribution in [0.2, 0.25) is 0 Å². The summed E-state index contributed by atoms with van der Waals surface area (Å²) in [7, 11) is 0. The average Bonchev–Trinajstić information content (AvgIpc) is 3.20. The van der Waals surface area contributed by atoms with Crippen LogP contribution in [0.15, 0.2) is 61.2 Å². The van der Waals surface area contributed by atoms with Crippen LogP contribution >= 0.6 is 0 Å². The van der Waals surface area contributed by atoms with Crippen LogP contribution < -0.4 is 0 Å². The van der Waals surface area contributed by atoms with Gasteiger partial charge in [0.05, 0.1) is 22.5 Å². The van der Waals surface area contributed by atoms with Gasteiger partial charge in [-0.05, 0) is 30.2 Å². The van der Waals surface area contributed by atoms with Crippen molar-refractivity contribution in [1.29, 1.82) is 0 Å². The topological polar surface area (TPSA) is 43.6 Å². The smallest absolute Gasteiger partial charge is 0.252 e. The number of alkyl halides is 3. The van der Waals surface area contributed by atoms with Crippen molar-refractivity contribution in [3.63, 3.8) is 0 Å². The lowest BCUT2D eigenvalue weighted by Gasteiger charge is -2.17. The molecule has 0 spiro atoms. The summed E-state index contributed by atoms with van der Waals surface area (Å²) in [5.74, 6) is 0. The molecule has 2 heterocycles. The maximum absolute atomic E-state index is 13.2. The zero-order valence-corrected chi connectivity index (χ0v) is 14.4. The normalized spacial score (nSPS) is 11.9. The first-order valence-electron chi connectivity index (χ1n) is 8.43. The fourth-order valence-corrected chi connectivity index (χ4v) is 3.22. The number of nitrogens with zero attached hydrogens (tertiary/aromatic N) is 4. The van der Waals surface area contributed by atoms with Gasteiger partial charge in [0.25, 0.3) is 0 Å². The second kappa shape index (κ2) is 6.50. The number of fused-ring (bicyclic) bond motifs is 1. The number of benzene rings is 2. The highest BCUT2D eigenvalue weighted by molar-refractivity contribution is 5.95. The number of para-hydroxylation sites is 1. The summed E-state index contributed by atoms with van der Waals surface area (Å²) >= 11 is 0. The van der Waals surface area contributed by atoms with Gasteiger partial charge in [-0.25, -0.2) is 9.67 Å². The molecule has 2 aromatic heterocycles. The van der Waals surface area contributed by atoms with Gasteiger partial charge in [-0.2, -0.15) is 18.3 Å². The van der Waals surface area contributed by atoms with E-state index in [0.717, 1.165) is 23.0 Å². The van der Waals surface area contributed by atoms with E-state index in [2.05, 4.69) is 15.1 Å². The van der Waals surface area contributed by atoms with E-state index in [0.29, 0.717) is 28.9 Å². The second-order valence-electron chi connectivity index (χ2n) is 6.07. The van der Waals surface area contributed by atoms with Crippen molar-refractivity contribution in [3.8, 4) is 16.8 Å². The molecule has 0 N–H and O–H groups in total. The predicted molar refractivity (Wildman–Crippen MR) is 96.5 cm³/mol. The number of pyridine rings is 1. The summed E-state index contributed by atoms with van der Waals surface area (Å²) in [6.07, 6.45) is -0.909. The summed E-state index contributed by atoms with van der Waals surface area (Å²) in [5, 5.41) is 5.02. The Balaban J connectivity index is 2.10. The molecule has 4 aromatic rings. The molecule has 0 aliphatic rings. The Bertz CT molecular complexity index is 1100. The van der Waals surface area contributed by atoms with Gasteiger partial charge in [-0.15, -0.1) is 0 Å². The van der Waals surface area contributed by atoms with Gasteiger partial charge >= 0.3 is 6.18 Å². The fourth-order valence-electron chi connectivity index (χ4n) is 3.22. The molecule has 7 heteroatoms. The number of hydrogen-bond donors (Lipinski definition) is 0. The van der Waals surface area contributed by atoms with E-state index in [-0.39, 0.29) is 0 Å². The van der Waals surface area contributed by atoms with Crippen molar-refractivity contribution in [2.45, 2.75) is 19.5 Å². The number of aryl methyl sites for hydroxylation is 1. The maximum atomic E-state index is 13.2. The first kappa shape index (κ1) is 17.2. The summed E-state index contributed by atoms with van der Waals surface area (Å²) in [4.78, 5) is 8.69. The molecule has 0 aliphatic heterocycles. The highest BCUT2D eigenvalue weighted by Gasteiger charge is 2.31. The first-order valence-corrected chi connectivity index (χ1v) is 8.43. The summed E-state index contributed by atoms with van der Waals surface area (Å²) in [6.45, 7) is 1.93. The molecule has 136 valence electrons. The number of rotatable bonds is 3. The zero-order chi connectivity index (χ0) is 19.0. The minimum atomic E-state index is -4.42.